The fraction of sp³-hybridized carbons (Fsp3) is 0.207. The van der Waals surface area contributed by atoms with Gasteiger partial charge in [-0.3, -0.25) is 9.59 Å². The van der Waals surface area contributed by atoms with Crippen molar-refractivity contribution in [3.05, 3.63) is 101 Å². The molecule has 37 heavy (non-hydrogen) atoms. The van der Waals surface area contributed by atoms with Crippen LogP contribution < -0.4 is 9.47 Å². The number of carbonyl (C=O) groups excluding carboxylic acids is 2. The fourth-order valence-corrected chi connectivity index (χ4v) is 4.32. The maximum atomic E-state index is 13.3. The molecule has 1 heterocycles. The number of carboxylic acids is 1. The summed E-state index contributed by atoms with van der Waals surface area (Å²) in [5, 5.41) is 20.5. The van der Waals surface area contributed by atoms with Gasteiger partial charge in [-0.1, -0.05) is 49.4 Å². The van der Waals surface area contributed by atoms with Crippen LogP contribution in [0.15, 0.2) is 78.4 Å². The highest BCUT2D eigenvalue weighted by molar-refractivity contribution is 6.46. The molecule has 190 valence electrons. The minimum absolute atomic E-state index is 0.0175. The van der Waals surface area contributed by atoms with Crippen molar-refractivity contribution in [2.75, 3.05) is 13.7 Å². The predicted molar refractivity (Wildman–Crippen MR) is 136 cm³/mol. The number of benzene rings is 3. The maximum absolute atomic E-state index is 13.3. The Labute approximate surface area is 214 Å². The molecule has 1 atom stereocenters. The minimum atomic E-state index is -1.06. The fourth-order valence-electron chi connectivity index (χ4n) is 4.32. The van der Waals surface area contributed by atoms with Crippen LogP contribution in [0.4, 0.5) is 0 Å². The smallest absolute Gasteiger partial charge is 0.335 e. The summed E-state index contributed by atoms with van der Waals surface area (Å²) in [6.07, 6.45) is 0.808. The van der Waals surface area contributed by atoms with Gasteiger partial charge in [-0.25, -0.2) is 4.79 Å². The zero-order chi connectivity index (χ0) is 26.5. The lowest BCUT2D eigenvalue weighted by atomic mass is 9.94. The van der Waals surface area contributed by atoms with Gasteiger partial charge >= 0.3 is 5.97 Å². The molecular formula is C29H27NO7. The SMILES string of the molecule is CCCOc1cccc(/C(O)=C2\C(=O)C(=O)N(Cc3ccc(C(=O)O)cc3)C2c2ccccc2OC)c1. The zero-order valence-corrected chi connectivity index (χ0v) is 20.5. The van der Waals surface area contributed by atoms with E-state index in [4.69, 9.17) is 9.47 Å². The molecule has 2 N–H and O–H groups in total. The zero-order valence-electron chi connectivity index (χ0n) is 20.5. The molecule has 3 aromatic rings. The van der Waals surface area contributed by atoms with Gasteiger partial charge in [0, 0.05) is 17.7 Å². The Morgan fingerprint density at radius 3 is 2.35 bits per heavy atom. The third kappa shape index (κ3) is 5.18. The van der Waals surface area contributed by atoms with E-state index in [1.807, 2.05) is 6.92 Å². The Bertz CT molecular complexity index is 1360. The van der Waals surface area contributed by atoms with Gasteiger partial charge in [-0.05, 0) is 42.3 Å². The van der Waals surface area contributed by atoms with Crippen molar-refractivity contribution in [2.24, 2.45) is 0 Å². The first-order chi connectivity index (χ1) is 17.8. The highest BCUT2D eigenvalue weighted by Gasteiger charge is 2.47. The van der Waals surface area contributed by atoms with Gasteiger partial charge < -0.3 is 24.6 Å². The van der Waals surface area contributed by atoms with Gasteiger partial charge in [-0.2, -0.15) is 0 Å². The first kappa shape index (κ1) is 25.5. The Hall–Kier alpha value is -4.59. The van der Waals surface area contributed by atoms with Crippen molar-refractivity contribution in [1.82, 2.24) is 4.90 Å². The second-order valence-electron chi connectivity index (χ2n) is 8.55. The Balaban J connectivity index is 1.83. The molecule has 1 aliphatic rings. The first-order valence-electron chi connectivity index (χ1n) is 11.8. The number of ketones is 1. The van der Waals surface area contributed by atoms with Crippen LogP contribution in [0.5, 0.6) is 11.5 Å². The average Bonchev–Trinajstić information content (AvgIpc) is 3.16. The van der Waals surface area contributed by atoms with E-state index in [0.29, 0.717) is 34.8 Å². The van der Waals surface area contributed by atoms with Crippen LogP contribution in [0, 0.1) is 0 Å². The number of ether oxygens (including phenoxy) is 2. The molecule has 1 saturated heterocycles. The molecule has 1 unspecified atom stereocenters. The predicted octanol–water partition coefficient (Wildman–Crippen LogP) is 4.80. The number of hydrogen-bond donors (Lipinski definition) is 2. The number of nitrogens with zero attached hydrogens (tertiary/aromatic N) is 1. The molecule has 3 aromatic carbocycles. The summed E-state index contributed by atoms with van der Waals surface area (Å²) in [6, 6.07) is 18.9. The van der Waals surface area contributed by atoms with Crippen molar-refractivity contribution in [3.8, 4) is 11.5 Å². The number of aliphatic hydroxyl groups excluding tert-OH is 1. The summed E-state index contributed by atoms with van der Waals surface area (Å²) in [4.78, 5) is 39.2. The van der Waals surface area contributed by atoms with Crippen LogP contribution in [-0.4, -0.2) is 46.5 Å². The second-order valence-corrected chi connectivity index (χ2v) is 8.55. The molecule has 0 saturated carbocycles. The number of para-hydroxylation sites is 1. The van der Waals surface area contributed by atoms with Crippen molar-refractivity contribution >= 4 is 23.4 Å². The molecule has 0 bridgehead atoms. The quantitative estimate of drug-likeness (QED) is 0.246. The molecule has 1 fully saturated rings. The van der Waals surface area contributed by atoms with Crippen molar-refractivity contribution < 1.29 is 34.1 Å². The number of amides is 1. The Morgan fingerprint density at radius 1 is 0.946 bits per heavy atom. The number of aliphatic hydroxyl groups is 1. The molecule has 8 heteroatoms. The average molecular weight is 502 g/mol. The Morgan fingerprint density at radius 2 is 1.68 bits per heavy atom. The lowest BCUT2D eigenvalue weighted by Gasteiger charge is -2.26. The van der Waals surface area contributed by atoms with E-state index in [0.717, 1.165) is 6.42 Å². The Kier molecular flexibility index (Phi) is 7.57. The molecular weight excluding hydrogens is 474 g/mol. The van der Waals surface area contributed by atoms with E-state index in [-0.39, 0.29) is 23.4 Å². The van der Waals surface area contributed by atoms with Crippen LogP contribution in [0.25, 0.3) is 5.76 Å². The lowest BCUT2D eigenvalue weighted by Crippen LogP contribution is -2.29. The molecule has 0 spiro atoms. The molecule has 0 aliphatic carbocycles. The summed E-state index contributed by atoms with van der Waals surface area (Å²) < 4.78 is 11.2. The molecule has 0 radical (unpaired) electrons. The third-order valence-corrected chi connectivity index (χ3v) is 6.11. The highest BCUT2D eigenvalue weighted by Crippen LogP contribution is 2.43. The van der Waals surface area contributed by atoms with Crippen molar-refractivity contribution in [2.45, 2.75) is 25.9 Å². The van der Waals surface area contributed by atoms with E-state index in [9.17, 15) is 24.6 Å². The van der Waals surface area contributed by atoms with Gasteiger partial charge in [0.2, 0.25) is 0 Å². The van der Waals surface area contributed by atoms with Gasteiger partial charge in [0.15, 0.2) is 0 Å². The highest BCUT2D eigenvalue weighted by atomic mass is 16.5. The van der Waals surface area contributed by atoms with Crippen LogP contribution in [0.2, 0.25) is 0 Å². The molecule has 1 aliphatic heterocycles. The largest absolute Gasteiger partial charge is 0.507 e. The summed E-state index contributed by atoms with van der Waals surface area (Å²) in [7, 11) is 1.49. The summed E-state index contributed by atoms with van der Waals surface area (Å²) in [6.45, 7) is 2.49. The van der Waals surface area contributed by atoms with Gasteiger partial charge in [0.1, 0.15) is 17.3 Å². The number of rotatable bonds is 9. The molecule has 4 rings (SSSR count). The minimum Gasteiger partial charge on any atom is -0.507 e. The summed E-state index contributed by atoms with van der Waals surface area (Å²) >= 11 is 0. The molecule has 0 aromatic heterocycles. The van der Waals surface area contributed by atoms with E-state index >= 15 is 0 Å². The van der Waals surface area contributed by atoms with E-state index in [1.165, 1.54) is 24.1 Å². The maximum Gasteiger partial charge on any atom is 0.335 e. The van der Waals surface area contributed by atoms with Crippen molar-refractivity contribution in [3.63, 3.8) is 0 Å². The number of hydrogen-bond acceptors (Lipinski definition) is 6. The first-order valence-corrected chi connectivity index (χ1v) is 11.8. The second kappa shape index (κ2) is 11.0. The topological polar surface area (TPSA) is 113 Å². The van der Waals surface area contributed by atoms with Crippen LogP contribution in [0.3, 0.4) is 0 Å². The monoisotopic (exact) mass is 501 g/mol. The number of methoxy groups -OCH3 is 1. The number of carbonyl (C=O) groups is 3. The summed E-state index contributed by atoms with van der Waals surface area (Å²) in [5.41, 5.74) is 1.55. The van der Waals surface area contributed by atoms with Crippen LogP contribution in [0.1, 0.15) is 46.4 Å². The van der Waals surface area contributed by atoms with E-state index in [2.05, 4.69) is 0 Å². The number of carboxylic acid groups (broad SMARTS) is 1. The van der Waals surface area contributed by atoms with Gasteiger partial charge in [0.25, 0.3) is 11.7 Å². The van der Waals surface area contributed by atoms with Gasteiger partial charge in [-0.15, -0.1) is 0 Å². The number of aromatic carboxylic acids is 1. The normalized spacial score (nSPS) is 16.6. The third-order valence-electron chi connectivity index (χ3n) is 6.11. The standard InChI is InChI=1S/C29H27NO7/c1-3-15-37-21-8-6-7-20(16-21)26(31)24-25(22-9-4-5-10-23(22)36-2)30(28(33)27(24)32)17-18-11-13-19(14-12-18)29(34)35/h4-14,16,25,31H,3,15,17H2,1-2H3,(H,34,35)/b26-24+. The van der Waals surface area contributed by atoms with Crippen molar-refractivity contribution in [1.29, 1.82) is 0 Å². The van der Waals surface area contributed by atoms with Gasteiger partial charge in [0.05, 0.1) is 30.9 Å². The van der Waals surface area contributed by atoms with Crippen LogP contribution >= 0.6 is 0 Å². The lowest BCUT2D eigenvalue weighted by molar-refractivity contribution is -0.140. The molecule has 1 amide bonds. The van der Waals surface area contributed by atoms with E-state index < -0.39 is 23.7 Å². The van der Waals surface area contributed by atoms with Crippen LogP contribution in [-0.2, 0) is 16.1 Å². The van der Waals surface area contributed by atoms with E-state index in [1.54, 1.807) is 60.7 Å². The summed E-state index contributed by atoms with van der Waals surface area (Å²) in [5.74, 6) is -2.00. The molecule has 8 nitrogen and oxygen atoms in total. The number of likely N-dealkylation sites (tertiary alicyclic amines) is 1. The number of Topliss-reactive ketones (excluding diaryl/α,β-unsaturated/α-hetero) is 1.